The highest BCUT2D eigenvalue weighted by Gasteiger charge is 2.21. The van der Waals surface area contributed by atoms with Crippen molar-refractivity contribution in [3.63, 3.8) is 0 Å². The van der Waals surface area contributed by atoms with E-state index in [1.54, 1.807) is 7.11 Å². The molecule has 0 saturated carbocycles. The number of nitrogens with zero attached hydrogens (tertiary/aromatic N) is 1. The first-order valence-corrected chi connectivity index (χ1v) is 7.25. The van der Waals surface area contributed by atoms with E-state index in [4.69, 9.17) is 17.0 Å². The molecule has 1 aromatic rings. The lowest BCUT2D eigenvalue weighted by molar-refractivity contribution is 0.262. The van der Waals surface area contributed by atoms with Gasteiger partial charge in [-0.3, -0.25) is 0 Å². The lowest BCUT2D eigenvalue weighted by Gasteiger charge is -2.35. The zero-order chi connectivity index (χ0) is 13.8. The van der Waals surface area contributed by atoms with Gasteiger partial charge in [-0.2, -0.15) is 0 Å². The molecule has 0 bridgehead atoms. The summed E-state index contributed by atoms with van der Waals surface area (Å²) in [4.78, 5) is 2.28. The molecule has 0 radical (unpaired) electrons. The summed E-state index contributed by atoms with van der Waals surface area (Å²) in [6, 6.07) is 6.60. The van der Waals surface area contributed by atoms with Crippen molar-refractivity contribution in [3.05, 3.63) is 23.8 Å². The molecule has 1 saturated heterocycles. The van der Waals surface area contributed by atoms with Crippen molar-refractivity contribution in [2.45, 2.75) is 39.2 Å². The fraction of sp³-hybridized carbons (Fsp3) is 0.533. The van der Waals surface area contributed by atoms with Gasteiger partial charge < -0.3 is 15.0 Å². The predicted octanol–water partition coefficient (Wildman–Crippen LogP) is 3.57. The van der Waals surface area contributed by atoms with Gasteiger partial charge in [-0.25, -0.2) is 0 Å². The van der Waals surface area contributed by atoms with Crippen LogP contribution in [0.4, 0.5) is 5.69 Å². The summed E-state index contributed by atoms with van der Waals surface area (Å²) < 4.78 is 5.37. The number of nitrogens with one attached hydrogen (secondary N) is 1. The van der Waals surface area contributed by atoms with Crippen LogP contribution in [0.2, 0.25) is 0 Å². The Balaban J connectivity index is 2.11. The smallest absolute Gasteiger partial charge is 0.173 e. The Kier molecular flexibility index (Phi) is 4.64. The van der Waals surface area contributed by atoms with E-state index in [0.29, 0.717) is 6.04 Å². The monoisotopic (exact) mass is 278 g/mol. The van der Waals surface area contributed by atoms with Crippen LogP contribution in [0, 0.1) is 6.92 Å². The molecule has 104 valence electrons. The third kappa shape index (κ3) is 3.38. The Morgan fingerprint density at radius 1 is 1.42 bits per heavy atom. The average Bonchev–Trinajstić information content (AvgIpc) is 2.39. The molecule has 1 aliphatic heterocycles. The van der Waals surface area contributed by atoms with Gasteiger partial charge in [-0.15, -0.1) is 0 Å². The van der Waals surface area contributed by atoms with Crippen molar-refractivity contribution in [2.75, 3.05) is 19.0 Å². The summed E-state index contributed by atoms with van der Waals surface area (Å²) in [5.74, 6) is 0.831. The van der Waals surface area contributed by atoms with Crippen LogP contribution in [0.3, 0.4) is 0 Å². The zero-order valence-corrected chi connectivity index (χ0v) is 12.7. The van der Waals surface area contributed by atoms with E-state index < -0.39 is 0 Å². The van der Waals surface area contributed by atoms with Crippen LogP contribution in [0.15, 0.2) is 18.2 Å². The number of likely N-dealkylation sites (tertiary alicyclic amines) is 1. The molecule has 1 heterocycles. The van der Waals surface area contributed by atoms with E-state index >= 15 is 0 Å². The van der Waals surface area contributed by atoms with Crippen molar-refractivity contribution in [1.82, 2.24) is 4.90 Å². The van der Waals surface area contributed by atoms with E-state index in [1.165, 1.54) is 24.8 Å². The lowest BCUT2D eigenvalue weighted by atomic mass is 10.0. The largest absolute Gasteiger partial charge is 0.495 e. The van der Waals surface area contributed by atoms with Gasteiger partial charge in [0.25, 0.3) is 0 Å². The van der Waals surface area contributed by atoms with Crippen LogP contribution < -0.4 is 10.1 Å². The number of piperidine rings is 1. The van der Waals surface area contributed by atoms with E-state index in [0.717, 1.165) is 23.1 Å². The van der Waals surface area contributed by atoms with Crippen LogP contribution in [0.5, 0.6) is 5.75 Å². The molecule has 0 aromatic heterocycles. The Morgan fingerprint density at radius 3 is 2.89 bits per heavy atom. The number of anilines is 1. The van der Waals surface area contributed by atoms with Crippen LogP contribution >= 0.6 is 12.2 Å². The quantitative estimate of drug-likeness (QED) is 0.836. The third-order valence-electron chi connectivity index (χ3n) is 3.66. The molecule has 3 nitrogen and oxygen atoms in total. The van der Waals surface area contributed by atoms with Crippen LogP contribution in [0.25, 0.3) is 0 Å². The van der Waals surface area contributed by atoms with Crippen molar-refractivity contribution in [2.24, 2.45) is 0 Å². The molecular formula is C15H22N2OS. The zero-order valence-electron chi connectivity index (χ0n) is 11.9. The molecule has 0 aliphatic carbocycles. The summed E-state index contributed by atoms with van der Waals surface area (Å²) in [5, 5.41) is 4.14. The molecule has 0 amide bonds. The molecule has 2 rings (SSSR count). The number of hydrogen-bond acceptors (Lipinski definition) is 2. The van der Waals surface area contributed by atoms with Gasteiger partial charge in [0, 0.05) is 12.6 Å². The van der Waals surface area contributed by atoms with Gasteiger partial charge in [0.2, 0.25) is 0 Å². The fourth-order valence-electron chi connectivity index (χ4n) is 2.51. The van der Waals surface area contributed by atoms with Gasteiger partial charge >= 0.3 is 0 Å². The van der Waals surface area contributed by atoms with E-state index in [2.05, 4.69) is 30.1 Å². The van der Waals surface area contributed by atoms with E-state index in [-0.39, 0.29) is 0 Å². The second kappa shape index (κ2) is 6.24. The number of ether oxygens (including phenoxy) is 1. The summed E-state index contributed by atoms with van der Waals surface area (Å²) >= 11 is 5.54. The normalized spacial score (nSPS) is 19.1. The highest BCUT2D eigenvalue weighted by molar-refractivity contribution is 7.80. The number of aryl methyl sites for hydroxylation is 1. The summed E-state index contributed by atoms with van der Waals surface area (Å²) in [5.41, 5.74) is 2.14. The number of thiocarbonyl (C=S) groups is 1. The number of rotatable bonds is 2. The number of benzene rings is 1. The maximum atomic E-state index is 5.54. The second-order valence-electron chi connectivity index (χ2n) is 5.17. The first kappa shape index (κ1) is 14.1. The minimum atomic E-state index is 0.518. The first-order chi connectivity index (χ1) is 9.11. The van der Waals surface area contributed by atoms with Gasteiger partial charge in [0.1, 0.15) is 5.75 Å². The van der Waals surface area contributed by atoms with E-state index in [1.807, 2.05) is 12.1 Å². The summed E-state index contributed by atoms with van der Waals surface area (Å²) in [6.45, 7) is 5.35. The molecule has 1 fully saturated rings. The molecular weight excluding hydrogens is 256 g/mol. The Labute approximate surface area is 120 Å². The summed E-state index contributed by atoms with van der Waals surface area (Å²) in [7, 11) is 1.68. The lowest BCUT2D eigenvalue weighted by Crippen LogP contribution is -2.44. The molecule has 1 aliphatic rings. The summed E-state index contributed by atoms with van der Waals surface area (Å²) in [6.07, 6.45) is 3.73. The second-order valence-corrected chi connectivity index (χ2v) is 5.56. The molecule has 1 atom stereocenters. The SMILES string of the molecule is COc1ccc(C)cc1NC(=S)N1CCCCC1C. The maximum Gasteiger partial charge on any atom is 0.173 e. The fourth-order valence-corrected chi connectivity index (χ4v) is 2.89. The van der Waals surface area contributed by atoms with Gasteiger partial charge in [0.05, 0.1) is 12.8 Å². The number of hydrogen-bond donors (Lipinski definition) is 1. The third-order valence-corrected chi connectivity index (χ3v) is 4.00. The highest BCUT2D eigenvalue weighted by atomic mass is 32.1. The number of methoxy groups -OCH3 is 1. The highest BCUT2D eigenvalue weighted by Crippen LogP contribution is 2.26. The Hall–Kier alpha value is -1.29. The van der Waals surface area contributed by atoms with Crippen molar-refractivity contribution < 1.29 is 4.74 Å². The molecule has 1 unspecified atom stereocenters. The minimum Gasteiger partial charge on any atom is -0.495 e. The average molecular weight is 278 g/mol. The van der Waals surface area contributed by atoms with Crippen LogP contribution in [-0.2, 0) is 0 Å². The van der Waals surface area contributed by atoms with Gasteiger partial charge in [0.15, 0.2) is 5.11 Å². The molecule has 4 heteroatoms. The standard InChI is InChI=1S/C15H22N2OS/c1-11-7-8-14(18-3)13(10-11)16-15(19)17-9-5-4-6-12(17)2/h7-8,10,12H,4-6,9H2,1-3H3,(H,16,19). The maximum absolute atomic E-state index is 5.54. The van der Waals surface area contributed by atoms with E-state index in [9.17, 15) is 0 Å². The van der Waals surface area contributed by atoms with Crippen molar-refractivity contribution in [3.8, 4) is 5.75 Å². The topological polar surface area (TPSA) is 24.5 Å². The van der Waals surface area contributed by atoms with Gasteiger partial charge in [-0.05, 0) is 63.0 Å². The van der Waals surface area contributed by atoms with Gasteiger partial charge in [-0.1, -0.05) is 6.07 Å². The van der Waals surface area contributed by atoms with Crippen molar-refractivity contribution in [1.29, 1.82) is 0 Å². The first-order valence-electron chi connectivity index (χ1n) is 6.84. The van der Waals surface area contributed by atoms with Crippen molar-refractivity contribution >= 4 is 23.0 Å². The Bertz CT molecular complexity index is 461. The Morgan fingerprint density at radius 2 is 2.21 bits per heavy atom. The molecule has 0 spiro atoms. The molecule has 1 aromatic carbocycles. The van der Waals surface area contributed by atoms with Crippen LogP contribution in [0.1, 0.15) is 31.7 Å². The molecule has 1 N–H and O–H groups in total. The predicted molar refractivity (Wildman–Crippen MR) is 84.0 cm³/mol. The minimum absolute atomic E-state index is 0.518. The van der Waals surface area contributed by atoms with Crippen LogP contribution in [-0.4, -0.2) is 29.7 Å². The molecule has 19 heavy (non-hydrogen) atoms.